The summed E-state index contributed by atoms with van der Waals surface area (Å²) >= 11 is 5.77. The molecule has 1 fully saturated rings. The Labute approximate surface area is 133 Å². The summed E-state index contributed by atoms with van der Waals surface area (Å²) in [7, 11) is 0. The molecule has 0 N–H and O–H groups in total. The molecule has 0 bridgehead atoms. The van der Waals surface area contributed by atoms with Crippen molar-refractivity contribution in [2.45, 2.75) is 26.4 Å². The lowest BCUT2D eigenvalue weighted by Gasteiger charge is -2.38. The first kappa shape index (κ1) is 14.8. The number of amides is 1. The molecule has 7 heteroatoms. The van der Waals surface area contributed by atoms with Gasteiger partial charge in [-0.15, -0.1) is 0 Å². The number of ether oxygens (including phenoxy) is 1. The van der Waals surface area contributed by atoms with Gasteiger partial charge in [0.2, 0.25) is 11.8 Å². The Balaban J connectivity index is 1.50. The van der Waals surface area contributed by atoms with E-state index in [0.29, 0.717) is 36.2 Å². The van der Waals surface area contributed by atoms with Crippen LogP contribution in [-0.2, 0) is 11.2 Å². The molecule has 1 saturated heterocycles. The van der Waals surface area contributed by atoms with Crippen molar-refractivity contribution in [1.82, 2.24) is 15.0 Å². The molecule has 1 amide bonds. The fraction of sp³-hybridized carbons (Fsp3) is 0.400. The Morgan fingerprint density at radius 1 is 1.45 bits per heavy atom. The molecule has 1 aliphatic heterocycles. The van der Waals surface area contributed by atoms with Crippen LogP contribution >= 0.6 is 11.6 Å². The molecule has 1 aliphatic rings. The number of carbonyl (C=O) groups excluding carboxylic acids is 1. The maximum atomic E-state index is 12.2. The maximum absolute atomic E-state index is 12.2. The summed E-state index contributed by atoms with van der Waals surface area (Å²) in [5.41, 5.74) is 1.64. The molecule has 22 heavy (non-hydrogen) atoms. The van der Waals surface area contributed by atoms with Crippen molar-refractivity contribution >= 4 is 17.5 Å². The highest BCUT2D eigenvalue weighted by atomic mass is 35.5. The third-order valence-corrected chi connectivity index (χ3v) is 3.92. The number of pyridine rings is 1. The lowest BCUT2D eigenvalue weighted by molar-refractivity contribution is -0.139. The predicted octanol–water partition coefficient (Wildman–Crippen LogP) is 2.17. The molecule has 0 spiro atoms. The van der Waals surface area contributed by atoms with Crippen LogP contribution in [0.2, 0.25) is 5.02 Å². The SMILES string of the molecule is Cc1noc(C)c1CC(=O)N1CC(Oc2ccc(Cl)cn2)C1. The van der Waals surface area contributed by atoms with Crippen molar-refractivity contribution in [3.8, 4) is 5.88 Å². The lowest BCUT2D eigenvalue weighted by Crippen LogP contribution is -2.56. The average molecular weight is 322 g/mol. The van der Waals surface area contributed by atoms with Gasteiger partial charge >= 0.3 is 0 Å². The second kappa shape index (κ2) is 5.96. The van der Waals surface area contributed by atoms with E-state index in [2.05, 4.69) is 10.1 Å². The van der Waals surface area contributed by atoms with E-state index >= 15 is 0 Å². The minimum absolute atomic E-state index is 0.0257. The van der Waals surface area contributed by atoms with Crippen molar-refractivity contribution < 1.29 is 14.1 Å². The average Bonchev–Trinajstić information content (AvgIpc) is 2.76. The molecule has 0 radical (unpaired) electrons. The molecule has 3 rings (SSSR count). The summed E-state index contributed by atoms with van der Waals surface area (Å²) in [5.74, 6) is 1.27. The van der Waals surface area contributed by atoms with Crippen LogP contribution in [0.4, 0.5) is 0 Å². The van der Waals surface area contributed by atoms with E-state index in [1.807, 2.05) is 13.8 Å². The van der Waals surface area contributed by atoms with E-state index in [1.54, 1.807) is 17.0 Å². The number of halogens is 1. The molecular weight excluding hydrogens is 306 g/mol. The van der Waals surface area contributed by atoms with Gasteiger partial charge in [0.25, 0.3) is 0 Å². The molecule has 0 saturated carbocycles. The van der Waals surface area contributed by atoms with Crippen molar-refractivity contribution in [2.24, 2.45) is 0 Å². The molecule has 2 aromatic rings. The van der Waals surface area contributed by atoms with Crippen molar-refractivity contribution in [3.63, 3.8) is 0 Å². The normalized spacial score (nSPS) is 14.8. The Hall–Kier alpha value is -2.08. The van der Waals surface area contributed by atoms with Gasteiger partial charge < -0.3 is 14.2 Å². The third-order valence-electron chi connectivity index (χ3n) is 3.70. The van der Waals surface area contributed by atoms with E-state index in [9.17, 15) is 4.79 Å². The quantitative estimate of drug-likeness (QED) is 0.863. The molecule has 0 aromatic carbocycles. The van der Waals surface area contributed by atoms with Gasteiger partial charge in [-0.25, -0.2) is 4.98 Å². The summed E-state index contributed by atoms with van der Waals surface area (Å²) in [6, 6.07) is 3.44. The van der Waals surface area contributed by atoms with Crippen LogP contribution in [0.25, 0.3) is 0 Å². The largest absolute Gasteiger partial charge is 0.471 e. The molecule has 0 aliphatic carbocycles. The van der Waals surface area contributed by atoms with Gasteiger partial charge in [0, 0.05) is 17.8 Å². The van der Waals surface area contributed by atoms with Gasteiger partial charge in [0.1, 0.15) is 11.9 Å². The van der Waals surface area contributed by atoms with Gasteiger partial charge in [-0.3, -0.25) is 4.79 Å². The first-order valence-corrected chi connectivity index (χ1v) is 7.38. The highest BCUT2D eigenvalue weighted by Gasteiger charge is 2.33. The first-order valence-electron chi connectivity index (χ1n) is 7.00. The number of hydrogen-bond acceptors (Lipinski definition) is 5. The highest BCUT2D eigenvalue weighted by Crippen LogP contribution is 2.20. The van der Waals surface area contributed by atoms with E-state index in [-0.39, 0.29) is 12.0 Å². The predicted molar refractivity (Wildman–Crippen MR) is 79.9 cm³/mol. The number of likely N-dealkylation sites (tertiary alicyclic amines) is 1. The van der Waals surface area contributed by atoms with Crippen LogP contribution in [0.5, 0.6) is 5.88 Å². The van der Waals surface area contributed by atoms with Crippen LogP contribution < -0.4 is 4.74 Å². The van der Waals surface area contributed by atoms with Crippen LogP contribution in [0, 0.1) is 13.8 Å². The van der Waals surface area contributed by atoms with Crippen LogP contribution in [-0.4, -0.2) is 40.1 Å². The van der Waals surface area contributed by atoms with Crippen molar-refractivity contribution in [2.75, 3.05) is 13.1 Å². The van der Waals surface area contributed by atoms with Gasteiger partial charge in [-0.1, -0.05) is 16.8 Å². The minimum atomic E-state index is -0.0257. The molecule has 3 heterocycles. The Kier molecular flexibility index (Phi) is 4.02. The number of nitrogens with zero attached hydrogens (tertiary/aromatic N) is 3. The highest BCUT2D eigenvalue weighted by molar-refractivity contribution is 6.30. The number of rotatable bonds is 4. The van der Waals surface area contributed by atoms with E-state index in [0.717, 1.165) is 11.3 Å². The summed E-state index contributed by atoms with van der Waals surface area (Å²) in [4.78, 5) is 18.0. The van der Waals surface area contributed by atoms with Crippen LogP contribution in [0.3, 0.4) is 0 Å². The van der Waals surface area contributed by atoms with Gasteiger partial charge in [-0.05, 0) is 19.9 Å². The molecule has 2 aromatic heterocycles. The number of aryl methyl sites for hydroxylation is 2. The van der Waals surface area contributed by atoms with E-state index in [4.69, 9.17) is 20.9 Å². The summed E-state index contributed by atoms with van der Waals surface area (Å²) in [6.45, 7) is 4.78. The summed E-state index contributed by atoms with van der Waals surface area (Å²) in [5, 5.41) is 4.43. The van der Waals surface area contributed by atoms with Gasteiger partial charge in [0.05, 0.1) is 30.2 Å². The molecule has 116 valence electrons. The van der Waals surface area contributed by atoms with Crippen LogP contribution in [0.15, 0.2) is 22.9 Å². The van der Waals surface area contributed by atoms with E-state index in [1.165, 1.54) is 6.20 Å². The zero-order valence-electron chi connectivity index (χ0n) is 12.4. The van der Waals surface area contributed by atoms with Gasteiger partial charge in [0.15, 0.2) is 0 Å². The molecular formula is C15H16ClN3O3. The topological polar surface area (TPSA) is 68.5 Å². The van der Waals surface area contributed by atoms with E-state index < -0.39 is 0 Å². The van der Waals surface area contributed by atoms with Crippen molar-refractivity contribution in [3.05, 3.63) is 40.4 Å². The third kappa shape index (κ3) is 3.06. The minimum Gasteiger partial charge on any atom is -0.471 e. The zero-order valence-corrected chi connectivity index (χ0v) is 13.1. The second-order valence-corrected chi connectivity index (χ2v) is 5.77. The van der Waals surface area contributed by atoms with Crippen molar-refractivity contribution in [1.29, 1.82) is 0 Å². The van der Waals surface area contributed by atoms with Gasteiger partial charge in [-0.2, -0.15) is 0 Å². The maximum Gasteiger partial charge on any atom is 0.227 e. The summed E-state index contributed by atoms with van der Waals surface area (Å²) in [6.07, 6.45) is 1.82. The first-order chi connectivity index (χ1) is 10.5. The fourth-order valence-corrected chi connectivity index (χ4v) is 2.45. The molecule has 0 unspecified atom stereocenters. The Morgan fingerprint density at radius 3 is 2.82 bits per heavy atom. The standard InChI is InChI=1S/C15H16ClN3O3/c1-9-13(10(2)22-18-9)5-15(20)19-7-12(8-19)21-14-4-3-11(16)6-17-14/h3-4,6,12H,5,7-8H2,1-2H3. The molecule has 0 atom stereocenters. The summed E-state index contributed by atoms with van der Waals surface area (Å²) < 4.78 is 10.7. The monoisotopic (exact) mass is 321 g/mol. The second-order valence-electron chi connectivity index (χ2n) is 5.33. The smallest absolute Gasteiger partial charge is 0.227 e. The Bertz CT molecular complexity index is 658. The number of hydrogen-bond donors (Lipinski definition) is 0. The lowest BCUT2D eigenvalue weighted by atomic mass is 10.1. The fourth-order valence-electron chi connectivity index (χ4n) is 2.34. The van der Waals surface area contributed by atoms with Crippen LogP contribution in [0.1, 0.15) is 17.0 Å². The number of carbonyl (C=O) groups is 1. The number of aromatic nitrogens is 2. The zero-order chi connectivity index (χ0) is 15.7. The molecule has 6 nitrogen and oxygen atoms in total. The Morgan fingerprint density at radius 2 is 2.23 bits per heavy atom.